The van der Waals surface area contributed by atoms with E-state index in [0.717, 1.165) is 11.3 Å². The highest BCUT2D eigenvalue weighted by atomic mass is 32.2. The van der Waals surface area contributed by atoms with Gasteiger partial charge in [-0.1, -0.05) is 6.07 Å². The zero-order chi connectivity index (χ0) is 16.9. The smallest absolute Gasteiger partial charge is 0.305 e. The van der Waals surface area contributed by atoms with E-state index in [1.54, 1.807) is 25.3 Å². The van der Waals surface area contributed by atoms with Crippen molar-refractivity contribution in [2.24, 2.45) is 0 Å². The fourth-order valence-electron chi connectivity index (χ4n) is 1.85. The van der Waals surface area contributed by atoms with Crippen LogP contribution in [0.1, 0.15) is 27.2 Å². The second kappa shape index (κ2) is 7.70. The van der Waals surface area contributed by atoms with Crippen LogP contribution in [0.2, 0.25) is 0 Å². The zero-order valence-corrected chi connectivity index (χ0v) is 14.3. The molecular weight excluding hydrogens is 328 g/mol. The maximum absolute atomic E-state index is 12.4. The Morgan fingerprint density at radius 1 is 1.36 bits per heavy atom. The lowest BCUT2D eigenvalue weighted by Gasteiger charge is -2.29. The SMILES string of the molecule is CC(NS(=O)(=O)c1cccs1)C(=O)N(CCC(=O)O)C(C)C. The monoisotopic (exact) mass is 348 g/mol. The number of thiophene rings is 1. The first-order valence-electron chi connectivity index (χ1n) is 6.73. The van der Waals surface area contributed by atoms with E-state index >= 15 is 0 Å². The lowest BCUT2D eigenvalue weighted by molar-refractivity contribution is -0.139. The molecule has 0 radical (unpaired) electrons. The normalized spacial score (nSPS) is 13.1. The number of aliphatic carboxylic acids is 1. The molecule has 0 bridgehead atoms. The Balaban J connectivity index is 2.79. The lowest BCUT2D eigenvalue weighted by atomic mass is 10.2. The van der Waals surface area contributed by atoms with Gasteiger partial charge in [-0.15, -0.1) is 11.3 Å². The number of nitrogens with one attached hydrogen (secondary N) is 1. The Labute approximate surface area is 134 Å². The van der Waals surface area contributed by atoms with Crippen LogP contribution in [0.25, 0.3) is 0 Å². The van der Waals surface area contributed by atoms with Crippen LogP contribution in [0.5, 0.6) is 0 Å². The highest BCUT2D eigenvalue weighted by Crippen LogP contribution is 2.16. The van der Waals surface area contributed by atoms with Crippen molar-refractivity contribution in [3.8, 4) is 0 Å². The molecule has 0 aliphatic carbocycles. The van der Waals surface area contributed by atoms with Gasteiger partial charge in [0.25, 0.3) is 10.0 Å². The zero-order valence-electron chi connectivity index (χ0n) is 12.6. The number of nitrogens with zero attached hydrogens (tertiary/aromatic N) is 1. The molecule has 7 nitrogen and oxygen atoms in total. The fourth-order valence-corrected chi connectivity index (χ4v) is 4.05. The number of carbonyl (C=O) groups is 2. The Kier molecular flexibility index (Phi) is 6.51. The number of hydrogen-bond donors (Lipinski definition) is 2. The van der Waals surface area contributed by atoms with Crippen LogP contribution in [-0.4, -0.2) is 48.9 Å². The summed E-state index contributed by atoms with van der Waals surface area (Å²) in [6.45, 7) is 4.99. The number of hydrogen-bond acceptors (Lipinski definition) is 5. The first kappa shape index (κ1) is 18.6. The van der Waals surface area contributed by atoms with E-state index in [-0.39, 0.29) is 23.2 Å². The maximum Gasteiger partial charge on any atom is 0.305 e. The topological polar surface area (TPSA) is 104 Å². The number of amides is 1. The van der Waals surface area contributed by atoms with E-state index in [0.29, 0.717) is 0 Å². The molecule has 1 atom stereocenters. The molecule has 0 aliphatic rings. The standard InChI is InChI=1S/C13H20N2O5S2/c1-9(2)15(7-6-11(16)17)13(18)10(3)14-22(19,20)12-5-4-8-21-12/h4-5,8-10,14H,6-7H2,1-3H3,(H,16,17). The van der Waals surface area contributed by atoms with Crippen molar-refractivity contribution in [3.63, 3.8) is 0 Å². The van der Waals surface area contributed by atoms with Gasteiger partial charge in [-0.05, 0) is 32.2 Å². The highest BCUT2D eigenvalue weighted by molar-refractivity contribution is 7.91. The molecule has 1 unspecified atom stereocenters. The largest absolute Gasteiger partial charge is 0.481 e. The Bertz CT molecular complexity index is 610. The molecule has 124 valence electrons. The van der Waals surface area contributed by atoms with E-state index in [1.807, 2.05) is 0 Å². The minimum atomic E-state index is -3.75. The molecule has 0 fully saturated rings. The Hall–Kier alpha value is -1.45. The van der Waals surface area contributed by atoms with Crippen LogP contribution in [0, 0.1) is 0 Å². The fraction of sp³-hybridized carbons (Fsp3) is 0.538. The van der Waals surface area contributed by atoms with Crippen LogP contribution < -0.4 is 4.72 Å². The molecule has 0 aliphatic heterocycles. The van der Waals surface area contributed by atoms with E-state index in [9.17, 15) is 18.0 Å². The molecule has 0 saturated carbocycles. The molecule has 2 N–H and O–H groups in total. The van der Waals surface area contributed by atoms with Crippen LogP contribution >= 0.6 is 11.3 Å². The van der Waals surface area contributed by atoms with E-state index in [1.165, 1.54) is 17.9 Å². The first-order chi connectivity index (χ1) is 10.1. The average Bonchev–Trinajstić information content (AvgIpc) is 2.91. The summed E-state index contributed by atoms with van der Waals surface area (Å²) in [6, 6.07) is 1.87. The van der Waals surface area contributed by atoms with Crippen LogP contribution in [0.4, 0.5) is 0 Å². The summed E-state index contributed by atoms with van der Waals surface area (Å²) in [5.74, 6) is -1.46. The average molecular weight is 348 g/mol. The van der Waals surface area contributed by atoms with Crippen molar-refractivity contribution in [1.82, 2.24) is 9.62 Å². The molecular formula is C13H20N2O5S2. The number of rotatable bonds is 8. The van der Waals surface area contributed by atoms with Crippen molar-refractivity contribution >= 4 is 33.2 Å². The van der Waals surface area contributed by atoms with Gasteiger partial charge in [-0.2, -0.15) is 4.72 Å². The van der Waals surface area contributed by atoms with Gasteiger partial charge in [0.15, 0.2) is 0 Å². The molecule has 0 saturated heterocycles. The van der Waals surface area contributed by atoms with Crippen LogP contribution in [0.15, 0.2) is 21.7 Å². The molecule has 22 heavy (non-hydrogen) atoms. The molecule has 1 heterocycles. The van der Waals surface area contributed by atoms with Gasteiger partial charge in [0.1, 0.15) is 4.21 Å². The molecule has 1 amide bonds. The van der Waals surface area contributed by atoms with Crippen LogP contribution in [0.3, 0.4) is 0 Å². The second-order valence-corrected chi connectivity index (χ2v) is 7.93. The number of carboxylic acids is 1. The summed E-state index contributed by atoms with van der Waals surface area (Å²) >= 11 is 1.06. The van der Waals surface area contributed by atoms with Gasteiger partial charge in [0.2, 0.25) is 5.91 Å². The number of carboxylic acid groups (broad SMARTS) is 1. The molecule has 9 heteroatoms. The molecule has 1 rings (SSSR count). The van der Waals surface area contributed by atoms with E-state index < -0.39 is 27.9 Å². The molecule has 0 aromatic carbocycles. The van der Waals surface area contributed by atoms with Crippen molar-refractivity contribution in [1.29, 1.82) is 0 Å². The van der Waals surface area contributed by atoms with Crippen molar-refractivity contribution in [2.75, 3.05) is 6.54 Å². The minimum absolute atomic E-state index is 0.0386. The molecule has 0 spiro atoms. The minimum Gasteiger partial charge on any atom is -0.481 e. The van der Waals surface area contributed by atoms with Crippen molar-refractivity contribution < 1.29 is 23.1 Å². The van der Waals surface area contributed by atoms with Gasteiger partial charge in [-0.25, -0.2) is 8.42 Å². The maximum atomic E-state index is 12.4. The van der Waals surface area contributed by atoms with Gasteiger partial charge in [-0.3, -0.25) is 9.59 Å². The predicted octanol–water partition coefficient (Wildman–Crippen LogP) is 1.13. The Morgan fingerprint density at radius 3 is 2.45 bits per heavy atom. The third kappa shape index (κ3) is 5.08. The second-order valence-electron chi connectivity index (χ2n) is 5.04. The van der Waals surface area contributed by atoms with Crippen molar-refractivity contribution in [2.45, 2.75) is 43.5 Å². The summed E-state index contributed by atoms with van der Waals surface area (Å²) in [7, 11) is -3.75. The van der Waals surface area contributed by atoms with Gasteiger partial charge < -0.3 is 10.0 Å². The lowest BCUT2D eigenvalue weighted by Crippen LogP contribution is -2.49. The predicted molar refractivity (Wildman–Crippen MR) is 83.2 cm³/mol. The van der Waals surface area contributed by atoms with Gasteiger partial charge >= 0.3 is 5.97 Å². The van der Waals surface area contributed by atoms with E-state index in [4.69, 9.17) is 5.11 Å². The third-order valence-electron chi connectivity index (χ3n) is 2.94. The third-order valence-corrected chi connectivity index (χ3v) is 5.87. The summed E-state index contributed by atoms with van der Waals surface area (Å²) in [6.07, 6.45) is -0.186. The first-order valence-corrected chi connectivity index (χ1v) is 9.09. The summed E-state index contributed by atoms with van der Waals surface area (Å²) in [4.78, 5) is 24.4. The van der Waals surface area contributed by atoms with Gasteiger partial charge in [0, 0.05) is 12.6 Å². The molecule has 1 aromatic heterocycles. The van der Waals surface area contributed by atoms with Crippen LogP contribution in [-0.2, 0) is 19.6 Å². The number of carbonyl (C=O) groups excluding carboxylic acids is 1. The van der Waals surface area contributed by atoms with Gasteiger partial charge in [0.05, 0.1) is 12.5 Å². The van der Waals surface area contributed by atoms with E-state index in [2.05, 4.69) is 4.72 Å². The molecule has 1 aromatic rings. The summed E-state index contributed by atoms with van der Waals surface area (Å²) in [5, 5.41) is 10.4. The van der Waals surface area contributed by atoms with Crippen molar-refractivity contribution in [3.05, 3.63) is 17.5 Å². The Morgan fingerprint density at radius 2 is 2.00 bits per heavy atom. The summed E-state index contributed by atoms with van der Waals surface area (Å²) < 4.78 is 26.7. The number of sulfonamides is 1. The summed E-state index contributed by atoms with van der Waals surface area (Å²) in [5.41, 5.74) is 0. The quantitative estimate of drug-likeness (QED) is 0.733. The highest BCUT2D eigenvalue weighted by Gasteiger charge is 2.27.